The molecular weight excluding hydrogens is 219 g/mol. The van der Waals surface area contributed by atoms with E-state index in [1.807, 2.05) is 0 Å². The lowest BCUT2D eigenvalue weighted by Crippen LogP contribution is -2.10. The zero-order valence-corrected chi connectivity index (χ0v) is 9.40. The van der Waals surface area contributed by atoms with Crippen LogP contribution >= 0.6 is 11.6 Å². The highest BCUT2D eigenvalue weighted by molar-refractivity contribution is 6.17. The maximum absolute atomic E-state index is 13.0. The van der Waals surface area contributed by atoms with Crippen molar-refractivity contribution in [3.8, 4) is 0 Å². The number of aryl methyl sites for hydroxylation is 1. The molecule has 0 fully saturated rings. The number of esters is 1. The van der Waals surface area contributed by atoms with E-state index in [-0.39, 0.29) is 12.5 Å². The van der Waals surface area contributed by atoms with Crippen LogP contribution in [0.25, 0.3) is 0 Å². The number of alkyl halides is 1. The summed E-state index contributed by atoms with van der Waals surface area (Å²) in [6.07, 6.45) is 0. The molecule has 0 aliphatic heterocycles. The van der Waals surface area contributed by atoms with Gasteiger partial charge in [-0.1, -0.05) is 0 Å². The summed E-state index contributed by atoms with van der Waals surface area (Å²) in [6, 6.07) is 2.55. The van der Waals surface area contributed by atoms with Crippen LogP contribution in [0.3, 0.4) is 0 Å². The van der Waals surface area contributed by atoms with Crippen molar-refractivity contribution in [2.24, 2.45) is 0 Å². The lowest BCUT2D eigenvalue weighted by atomic mass is 10.0. The second-order valence-corrected chi connectivity index (χ2v) is 3.38. The molecule has 0 heterocycles. The number of ether oxygens (including phenoxy) is 1. The second-order valence-electron chi connectivity index (χ2n) is 3.11. The fourth-order valence-electron chi connectivity index (χ4n) is 1.41. The SMILES string of the molecule is CCOC(=O)c1c(C)cc(F)cc1CCl. The van der Waals surface area contributed by atoms with Crippen LogP contribution in [0.2, 0.25) is 0 Å². The van der Waals surface area contributed by atoms with Crippen LogP contribution in [0.4, 0.5) is 4.39 Å². The van der Waals surface area contributed by atoms with Crippen LogP contribution in [0.15, 0.2) is 12.1 Å². The molecule has 0 N–H and O–H groups in total. The van der Waals surface area contributed by atoms with E-state index in [4.69, 9.17) is 16.3 Å². The molecule has 0 saturated carbocycles. The number of hydrogen-bond acceptors (Lipinski definition) is 2. The summed E-state index contributed by atoms with van der Waals surface area (Å²) < 4.78 is 17.9. The zero-order chi connectivity index (χ0) is 11.4. The van der Waals surface area contributed by atoms with E-state index in [9.17, 15) is 9.18 Å². The zero-order valence-electron chi connectivity index (χ0n) is 8.64. The second kappa shape index (κ2) is 5.12. The molecule has 1 rings (SSSR count). The first-order valence-corrected chi connectivity index (χ1v) is 5.15. The highest BCUT2D eigenvalue weighted by atomic mass is 35.5. The van der Waals surface area contributed by atoms with Gasteiger partial charge >= 0.3 is 5.97 Å². The monoisotopic (exact) mass is 230 g/mol. The first kappa shape index (κ1) is 12.0. The van der Waals surface area contributed by atoms with Gasteiger partial charge in [0.05, 0.1) is 12.2 Å². The third kappa shape index (κ3) is 2.69. The van der Waals surface area contributed by atoms with Crippen molar-refractivity contribution in [1.29, 1.82) is 0 Å². The molecule has 0 saturated heterocycles. The van der Waals surface area contributed by atoms with E-state index < -0.39 is 11.8 Å². The van der Waals surface area contributed by atoms with Crippen molar-refractivity contribution in [1.82, 2.24) is 0 Å². The van der Waals surface area contributed by atoms with Crippen LogP contribution in [0.5, 0.6) is 0 Å². The average molecular weight is 231 g/mol. The maximum Gasteiger partial charge on any atom is 0.338 e. The van der Waals surface area contributed by atoms with E-state index >= 15 is 0 Å². The first-order valence-electron chi connectivity index (χ1n) is 4.62. The minimum Gasteiger partial charge on any atom is -0.462 e. The molecule has 4 heteroatoms. The number of carbonyl (C=O) groups excluding carboxylic acids is 1. The Labute approximate surface area is 93.0 Å². The fourth-order valence-corrected chi connectivity index (χ4v) is 1.62. The summed E-state index contributed by atoms with van der Waals surface area (Å²) in [4.78, 5) is 11.6. The van der Waals surface area contributed by atoms with Crippen LogP contribution in [0, 0.1) is 12.7 Å². The van der Waals surface area contributed by atoms with Crippen molar-refractivity contribution < 1.29 is 13.9 Å². The summed E-state index contributed by atoms with van der Waals surface area (Å²) in [7, 11) is 0. The summed E-state index contributed by atoms with van der Waals surface area (Å²) in [6.45, 7) is 3.67. The normalized spacial score (nSPS) is 10.1. The molecule has 1 aromatic carbocycles. The number of benzene rings is 1. The van der Waals surface area contributed by atoms with Crippen molar-refractivity contribution >= 4 is 17.6 Å². The Morgan fingerprint density at radius 3 is 2.73 bits per heavy atom. The molecule has 0 spiro atoms. The minimum absolute atomic E-state index is 0.0900. The van der Waals surface area contributed by atoms with E-state index in [2.05, 4.69) is 0 Å². The molecule has 0 atom stereocenters. The summed E-state index contributed by atoms with van der Waals surface area (Å²) in [5, 5.41) is 0. The van der Waals surface area contributed by atoms with E-state index in [0.29, 0.717) is 16.7 Å². The third-order valence-corrected chi connectivity index (χ3v) is 2.29. The third-order valence-electron chi connectivity index (χ3n) is 2.01. The maximum atomic E-state index is 13.0. The van der Waals surface area contributed by atoms with Gasteiger partial charge in [-0.15, -0.1) is 11.6 Å². The van der Waals surface area contributed by atoms with Crippen LogP contribution in [0.1, 0.15) is 28.4 Å². The Bertz CT molecular complexity index is 377. The Morgan fingerprint density at radius 1 is 1.53 bits per heavy atom. The fraction of sp³-hybridized carbons (Fsp3) is 0.364. The molecule has 0 aliphatic carbocycles. The molecule has 15 heavy (non-hydrogen) atoms. The number of rotatable bonds is 3. The lowest BCUT2D eigenvalue weighted by molar-refractivity contribution is 0.0524. The number of carbonyl (C=O) groups is 1. The minimum atomic E-state index is -0.453. The van der Waals surface area contributed by atoms with Crippen molar-refractivity contribution in [2.75, 3.05) is 6.61 Å². The van der Waals surface area contributed by atoms with Gasteiger partial charge in [-0.25, -0.2) is 9.18 Å². The van der Waals surface area contributed by atoms with Crippen LogP contribution in [-0.4, -0.2) is 12.6 Å². The molecule has 0 radical (unpaired) electrons. The van der Waals surface area contributed by atoms with E-state index in [0.717, 1.165) is 0 Å². The predicted octanol–water partition coefficient (Wildman–Crippen LogP) is 3.05. The van der Waals surface area contributed by atoms with E-state index in [1.54, 1.807) is 13.8 Å². The van der Waals surface area contributed by atoms with Gasteiger partial charge in [0.2, 0.25) is 0 Å². The first-order chi connectivity index (χ1) is 7.10. The van der Waals surface area contributed by atoms with Gasteiger partial charge in [-0.05, 0) is 37.1 Å². The molecule has 82 valence electrons. The molecule has 0 aromatic heterocycles. The molecule has 0 bridgehead atoms. The average Bonchev–Trinajstić information content (AvgIpc) is 2.16. The molecular formula is C11H12ClFO2. The Hall–Kier alpha value is -1.09. The largest absolute Gasteiger partial charge is 0.462 e. The van der Waals surface area contributed by atoms with Gasteiger partial charge in [0.25, 0.3) is 0 Å². The smallest absolute Gasteiger partial charge is 0.338 e. The Balaban J connectivity index is 3.20. The molecule has 0 amide bonds. The van der Waals surface area contributed by atoms with Gasteiger partial charge in [0.15, 0.2) is 0 Å². The molecule has 1 aromatic rings. The molecule has 0 unspecified atom stereocenters. The lowest BCUT2D eigenvalue weighted by Gasteiger charge is -2.09. The van der Waals surface area contributed by atoms with Gasteiger partial charge in [-0.2, -0.15) is 0 Å². The topological polar surface area (TPSA) is 26.3 Å². The number of halogens is 2. The summed E-state index contributed by atoms with van der Waals surface area (Å²) in [5.41, 5.74) is 1.38. The van der Waals surface area contributed by atoms with E-state index in [1.165, 1.54) is 12.1 Å². The van der Waals surface area contributed by atoms with Crippen molar-refractivity contribution in [3.63, 3.8) is 0 Å². The van der Waals surface area contributed by atoms with Gasteiger partial charge < -0.3 is 4.74 Å². The summed E-state index contributed by atoms with van der Waals surface area (Å²) in [5.74, 6) is -0.755. The van der Waals surface area contributed by atoms with Gasteiger partial charge in [0.1, 0.15) is 5.82 Å². The summed E-state index contributed by atoms with van der Waals surface area (Å²) >= 11 is 5.65. The van der Waals surface area contributed by atoms with Gasteiger partial charge in [-0.3, -0.25) is 0 Å². The molecule has 0 aliphatic rings. The predicted molar refractivity (Wildman–Crippen MR) is 56.7 cm³/mol. The van der Waals surface area contributed by atoms with Crippen LogP contribution in [-0.2, 0) is 10.6 Å². The quantitative estimate of drug-likeness (QED) is 0.589. The highest BCUT2D eigenvalue weighted by Gasteiger charge is 2.16. The van der Waals surface area contributed by atoms with Crippen molar-refractivity contribution in [2.45, 2.75) is 19.7 Å². The van der Waals surface area contributed by atoms with Crippen LogP contribution < -0.4 is 0 Å². The molecule has 2 nitrogen and oxygen atoms in total. The Kier molecular flexibility index (Phi) is 4.09. The number of hydrogen-bond donors (Lipinski definition) is 0. The van der Waals surface area contributed by atoms with Crippen molar-refractivity contribution in [3.05, 3.63) is 34.6 Å². The Morgan fingerprint density at radius 2 is 2.20 bits per heavy atom. The standard InChI is InChI=1S/C11H12ClFO2/c1-3-15-11(14)10-7(2)4-9(13)5-8(10)6-12/h4-5H,3,6H2,1-2H3. The van der Waals surface area contributed by atoms with Gasteiger partial charge in [0, 0.05) is 5.88 Å². The highest BCUT2D eigenvalue weighted by Crippen LogP contribution is 2.19.